The standard InChI is InChI=1S/C24H34N8O5/c25-16(11-14-12-29-17-6-2-1-5-15(14)17)21(34)30-13-20(33)32-10-4-8-19(32)22(35)31-18(23(36)37)7-3-9-28-24(26)27/h1-2,5-6,12,16,18-19,29H,3-4,7-11,13,25H2,(H,30,34)(H,31,35)(H,36,37)(H4,26,27,28). The Labute approximate surface area is 213 Å². The monoisotopic (exact) mass is 514 g/mol. The molecule has 13 nitrogen and oxygen atoms in total. The molecule has 0 aliphatic carbocycles. The minimum atomic E-state index is -1.19. The predicted molar refractivity (Wildman–Crippen MR) is 137 cm³/mol. The number of aliphatic carboxylic acids is 1. The molecule has 1 aromatic carbocycles. The van der Waals surface area contributed by atoms with Crippen molar-refractivity contribution in [1.82, 2.24) is 20.5 Å². The lowest BCUT2D eigenvalue weighted by Crippen LogP contribution is -2.53. The number of nitrogens with zero attached hydrogens (tertiary/aromatic N) is 2. The number of guanidine groups is 1. The molecule has 13 heteroatoms. The number of aliphatic imine (C=N–C) groups is 1. The lowest BCUT2D eigenvalue weighted by atomic mass is 10.1. The Kier molecular flexibility index (Phi) is 9.44. The number of nitrogens with two attached hydrogens (primary N) is 3. The molecule has 0 bridgehead atoms. The van der Waals surface area contributed by atoms with Crippen LogP contribution in [0.25, 0.3) is 10.9 Å². The van der Waals surface area contributed by atoms with Gasteiger partial charge in [-0.1, -0.05) is 18.2 Å². The Hall–Kier alpha value is -4.13. The van der Waals surface area contributed by atoms with Gasteiger partial charge in [0.15, 0.2) is 5.96 Å². The molecule has 2 heterocycles. The third-order valence-electron chi connectivity index (χ3n) is 6.30. The van der Waals surface area contributed by atoms with Gasteiger partial charge in [-0.2, -0.15) is 0 Å². The quantitative estimate of drug-likeness (QED) is 0.103. The maximum atomic E-state index is 12.8. The van der Waals surface area contributed by atoms with Gasteiger partial charge < -0.3 is 42.8 Å². The van der Waals surface area contributed by atoms with Gasteiger partial charge in [0.2, 0.25) is 17.7 Å². The van der Waals surface area contributed by atoms with Crippen molar-refractivity contribution in [1.29, 1.82) is 0 Å². The van der Waals surface area contributed by atoms with Crippen LogP contribution in [-0.4, -0.2) is 82.4 Å². The molecule has 1 saturated heterocycles. The molecule has 3 unspecified atom stereocenters. The van der Waals surface area contributed by atoms with Gasteiger partial charge in [0.1, 0.15) is 12.1 Å². The van der Waals surface area contributed by atoms with Gasteiger partial charge in [-0.15, -0.1) is 0 Å². The van der Waals surface area contributed by atoms with Crippen molar-refractivity contribution >= 4 is 40.6 Å². The van der Waals surface area contributed by atoms with Gasteiger partial charge >= 0.3 is 5.97 Å². The highest BCUT2D eigenvalue weighted by molar-refractivity contribution is 5.93. The Morgan fingerprint density at radius 2 is 1.97 bits per heavy atom. The number of fused-ring (bicyclic) bond motifs is 1. The van der Waals surface area contributed by atoms with Crippen LogP contribution in [0.3, 0.4) is 0 Å². The highest BCUT2D eigenvalue weighted by Crippen LogP contribution is 2.19. The summed E-state index contributed by atoms with van der Waals surface area (Å²) in [5.74, 6) is -2.76. The summed E-state index contributed by atoms with van der Waals surface area (Å²) in [6, 6.07) is 4.86. The molecule has 200 valence electrons. The molecule has 0 radical (unpaired) electrons. The molecule has 3 amide bonds. The summed E-state index contributed by atoms with van der Waals surface area (Å²) in [5.41, 5.74) is 18.4. The van der Waals surface area contributed by atoms with Crippen LogP contribution in [0, 0.1) is 0 Å². The zero-order chi connectivity index (χ0) is 26.9. The molecule has 1 aliphatic rings. The molecular formula is C24H34N8O5. The second kappa shape index (κ2) is 12.7. The van der Waals surface area contributed by atoms with Crippen LogP contribution in [0.5, 0.6) is 0 Å². The fourth-order valence-corrected chi connectivity index (χ4v) is 4.39. The van der Waals surface area contributed by atoms with Crippen molar-refractivity contribution in [2.45, 2.75) is 50.2 Å². The molecule has 1 aliphatic heterocycles. The van der Waals surface area contributed by atoms with Crippen molar-refractivity contribution in [3.8, 4) is 0 Å². The Morgan fingerprint density at radius 3 is 2.70 bits per heavy atom. The van der Waals surface area contributed by atoms with Crippen LogP contribution >= 0.6 is 0 Å². The first kappa shape index (κ1) is 27.5. The number of benzene rings is 1. The van der Waals surface area contributed by atoms with Gasteiger partial charge in [-0.05, 0) is 43.7 Å². The largest absolute Gasteiger partial charge is 0.480 e. The molecule has 0 saturated carbocycles. The normalized spacial score (nSPS) is 16.7. The summed E-state index contributed by atoms with van der Waals surface area (Å²) in [6.07, 6.45) is 3.56. The average molecular weight is 515 g/mol. The van der Waals surface area contributed by atoms with Gasteiger partial charge in [0, 0.05) is 30.2 Å². The fourth-order valence-electron chi connectivity index (χ4n) is 4.39. The van der Waals surface area contributed by atoms with E-state index < -0.39 is 41.8 Å². The number of hydrogen-bond acceptors (Lipinski definition) is 6. The van der Waals surface area contributed by atoms with Crippen molar-refractivity contribution in [2.24, 2.45) is 22.2 Å². The third-order valence-corrected chi connectivity index (χ3v) is 6.30. The van der Waals surface area contributed by atoms with Crippen molar-refractivity contribution in [2.75, 3.05) is 19.6 Å². The summed E-state index contributed by atoms with van der Waals surface area (Å²) in [4.78, 5) is 58.0. The van der Waals surface area contributed by atoms with E-state index in [2.05, 4.69) is 20.6 Å². The van der Waals surface area contributed by atoms with Gasteiger partial charge in [-0.3, -0.25) is 19.4 Å². The van der Waals surface area contributed by atoms with E-state index in [9.17, 15) is 24.3 Å². The zero-order valence-corrected chi connectivity index (χ0v) is 20.5. The number of aromatic nitrogens is 1. The summed E-state index contributed by atoms with van der Waals surface area (Å²) >= 11 is 0. The molecule has 1 fully saturated rings. The number of rotatable bonds is 12. The number of H-pyrrole nitrogens is 1. The van der Waals surface area contributed by atoms with Crippen molar-refractivity contribution in [3.05, 3.63) is 36.0 Å². The first-order valence-corrected chi connectivity index (χ1v) is 12.1. The smallest absolute Gasteiger partial charge is 0.326 e. The molecule has 3 rings (SSSR count). The van der Waals surface area contributed by atoms with E-state index in [0.717, 1.165) is 16.5 Å². The minimum absolute atomic E-state index is 0.0953. The topological polar surface area (TPSA) is 222 Å². The lowest BCUT2D eigenvalue weighted by Gasteiger charge is -2.26. The highest BCUT2D eigenvalue weighted by atomic mass is 16.4. The van der Waals surface area contributed by atoms with Gasteiger partial charge in [-0.25, -0.2) is 4.79 Å². The summed E-state index contributed by atoms with van der Waals surface area (Å²) in [5, 5.41) is 15.5. The van der Waals surface area contributed by atoms with Crippen molar-refractivity contribution in [3.63, 3.8) is 0 Å². The molecule has 1 aromatic heterocycles. The van der Waals surface area contributed by atoms with E-state index >= 15 is 0 Å². The van der Waals surface area contributed by atoms with Gasteiger partial charge in [0.05, 0.1) is 12.6 Å². The SMILES string of the molecule is NC(N)=NCCCC(NC(=O)C1CCCN1C(=O)CNC(=O)C(N)Cc1c[nH]c2ccccc12)C(=O)O. The van der Waals surface area contributed by atoms with E-state index in [1.807, 2.05) is 30.5 Å². The van der Waals surface area contributed by atoms with E-state index in [1.54, 1.807) is 0 Å². The van der Waals surface area contributed by atoms with E-state index in [0.29, 0.717) is 32.2 Å². The lowest BCUT2D eigenvalue weighted by molar-refractivity contribution is -0.144. The van der Waals surface area contributed by atoms with E-state index in [-0.39, 0.29) is 25.5 Å². The van der Waals surface area contributed by atoms with Gasteiger partial charge in [0.25, 0.3) is 0 Å². The minimum Gasteiger partial charge on any atom is -0.480 e. The number of aromatic amines is 1. The maximum absolute atomic E-state index is 12.8. The predicted octanol–water partition coefficient (Wildman–Crippen LogP) is -1.23. The van der Waals surface area contributed by atoms with Crippen LogP contribution in [0.15, 0.2) is 35.5 Å². The highest BCUT2D eigenvalue weighted by Gasteiger charge is 2.35. The number of nitrogens with one attached hydrogen (secondary N) is 3. The number of carbonyl (C=O) groups excluding carboxylic acids is 3. The summed E-state index contributed by atoms with van der Waals surface area (Å²) in [6.45, 7) is 0.250. The summed E-state index contributed by atoms with van der Waals surface area (Å²) in [7, 11) is 0. The van der Waals surface area contributed by atoms with Crippen LogP contribution in [-0.2, 0) is 25.6 Å². The molecule has 37 heavy (non-hydrogen) atoms. The number of para-hydroxylation sites is 1. The molecular weight excluding hydrogens is 480 g/mol. The van der Waals surface area contributed by atoms with Crippen molar-refractivity contribution < 1.29 is 24.3 Å². The second-order valence-corrected chi connectivity index (χ2v) is 8.98. The molecule has 2 aromatic rings. The van der Waals surface area contributed by atoms with Crippen LogP contribution in [0.1, 0.15) is 31.2 Å². The Bertz CT molecular complexity index is 1160. The van der Waals surface area contributed by atoms with Crippen LogP contribution in [0.2, 0.25) is 0 Å². The number of likely N-dealkylation sites (tertiary alicyclic amines) is 1. The fraction of sp³-hybridized carbons (Fsp3) is 0.458. The number of amides is 3. The average Bonchev–Trinajstić information content (AvgIpc) is 3.51. The number of carbonyl (C=O) groups is 4. The van der Waals surface area contributed by atoms with E-state index in [4.69, 9.17) is 17.2 Å². The second-order valence-electron chi connectivity index (χ2n) is 8.98. The first-order valence-electron chi connectivity index (χ1n) is 12.1. The van der Waals surface area contributed by atoms with Crippen LogP contribution in [0.4, 0.5) is 0 Å². The van der Waals surface area contributed by atoms with E-state index in [1.165, 1.54) is 4.90 Å². The third kappa shape index (κ3) is 7.43. The number of carboxylic acid groups (broad SMARTS) is 1. The first-order chi connectivity index (χ1) is 17.7. The zero-order valence-electron chi connectivity index (χ0n) is 20.5. The van der Waals surface area contributed by atoms with Crippen LogP contribution < -0.4 is 27.8 Å². The summed E-state index contributed by atoms with van der Waals surface area (Å²) < 4.78 is 0. The maximum Gasteiger partial charge on any atom is 0.326 e. The molecule has 0 spiro atoms. The Morgan fingerprint density at radius 1 is 1.22 bits per heavy atom. The Balaban J connectivity index is 1.50. The molecule has 10 N–H and O–H groups in total. The molecule has 3 atom stereocenters. The number of hydrogen-bond donors (Lipinski definition) is 7. The number of carboxylic acids is 1.